The lowest BCUT2D eigenvalue weighted by Gasteiger charge is -2.31. The molecule has 140 valence electrons. The molecule has 1 N–H and O–H groups in total. The molecule has 0 unspecified atom stereocenters. The van der Waals surface area contributed by atoms with Crippen LogP contribution >= 0.6 is 0 Å². The fourth-order valence-electron chi connectivity index (χ4n) is 3.45. The number of nitrogens with one attached hydrogen (secondary N) is 1. The third kappa shape index (κ3) is 3.25. The summed E-state index contributed by atoms with van der Waals surface area (Å²) in [6.45, 7) is 4.96. The van der Waals surface area contributed by atoms with Gasteiger partial charge in [-0.25, -0.2) is 4.79 Å². The highest BCUT2D eigenvalue weighted by atomic mass is 16.5. The average Bonchev–Trinajstić information content (AvgIpc) is 2.86. The van der Waals surface area contributed by atoms with Crippen molar-refractivity contribution >= 4 is 17.8 Å². The summed E-state index contributed by atoms with van der Waals surface area (Å²) in [6.07, 6.45) is 1.91. The molecule has 2 aliphatic rings. The molecule has 26 heavy (non-hydrogen) atoms. The zero-order chi connectivity index (χ0) is 18.9. The quantitative estimate of drug-likeness (QED) is 0.831. The molecule has 0 saturated carbocycles. The number of benzene rings is 1. The number of rotatable bonds is 4. The number of amides is 4. The van der Waals surface area contributed by atoms with Crippen LogP contribution in [0.5, 0.6) is 5.75 Å². The highest BCUT2D eigenvalue weighted by Crippen LogP contribution is 2.30. The predicted octanol–water partition coefficient (Wildman–Crippen LogP) is 1.72. The van der Waals surface area contributed by atoms with Crippen LogP contribution in [0.25, 0.3) is 0 Å². The van der Waals surface area contributed by atoms with Gasteiger partial charge in [0, 0.05) is 13.1 Å². The van der Waals surface area contributed by atoms with Gasteiger partial charge in [-0.2, -0.15) is 0 Å². The van der Waals surface area contributed by atoms with Crippen molar-refractivity contribution < 1.29 is 19.1 Å². The molecule has 7 nitrogen and oxygen atoms in total. The number of methoxy groups -OCH3 is 1. The number of nitrogens with zero attached hydrogens (tertiary/aromatic N) is 2. The zero-order valence-electron chi connectivity index (χ0n) is 15.4. The van der Waals surface area contributed by atoms with E-state index in [0.29, 0.717) is 30.3 Å². The first-order chi connectivity index (χ1) is 12.3. The van der Waals surface area contributed by atoms with Gasteiger partial charge < -0.3 is 15.0 Å². The van der Waals surface area contributed by atoms with Crippen LogP contribution in [0.3, 0.4) is 0 Å². The topological polar surface area (TPSA) is 79.0 Å². The molecule has 7 heteroatoms. The number of carbonyl (C=O) groups is 3. The fraction of sp³-hybridized carbons (Fsp3) is 0.526. The first-order valence-electron chi connectivity index (χ1n) is 8.91. The molecular formula is C19H25N3O4. The van der Waals surface area contributed by atoms with Gasteiger partial charge in [-0.15, -0.1) is 0 Å². The SMILES string of the molecule is COc1ccc([C@]2(C)NC(=O)N(CC(=O)N3CCC(C)CC3)C2=O)cc1. The molecule has 1 aromatic carbocycles. The fourth-order valence-corrected chi connectivity index (χ4v) is 3.45. The van der Waals surface area contributed by atoms with Crippen LogP contribution < -0.4 is 10.1 Å². The normalized spacial score (nSPS) is 24.0. The highest BCUT2D eigenvalue weighted by molar-refractivity contribution is 6.09. The summed E-state index contributed by atoms with van der Waals surface area (Å²) in [6, 6.07) is 6.43. The van der Waals surface area contributed by atoms with Crippen LogP contribution in [0.15, 0.2) is 24.3 Å². The molecule has 0 spiro atoms. The Kier molecular flexibility index (Phi) is 4.89. The third-order valence-corrected chi connectivity index (χ3v) is 5.37. The molecule has 0 aliphatic carbocycles. The third-order valence-electron chi connectivity index (χ3n) is 5.37. The maximum absolute atomic E-state index is 12.9. The van der Waals surface area contributed by atoms with E-state index >= 15 is 0 Å². The Morgan fingerprint density at radius 2 is 1.85 bits per heavy atom. The molecule has 2 aliphatic heterocycles. The summed E-state index contributed by atoms with van der Waals surface area (Å²) in [5.41, 5.74) is -0.529. The minimum atomic E-state index is -1.18. The Labute approximate surface area is 153 Å². The summed E-state index contributed by atoms with van der Waals surface area (Å²) in [4.78, 5) is 40.5. The number of likely N-dealkylation sites (tertiary alicyclic amines) is 1. The lowest BCUT2D eigenvalue weighted by molar-refractivity contribution is -0.139. The van der Waals surface area contributed by atoms with Crippen molar-refractivity contribution in [2.45, 2.75) is 32.2 Å². The van der Waals surface area contributed by atoms with E-state index in [1.807, 2.05) is 0 Å². The van der Waals surface area contributed by atoms with Crippen molar-refractivity contribution in [2.24, 2.45) is 5.92 Å². The van der Waals surface area contributed by atoms with E-state index in [-0.39, 0.29) is 12.5 Å². The molecular weight excluding hydrogens is 334 g/mol. The number of hydrogen-bond donors (Lipinski definition) is 1. The maximum atomic E-state index is 12.9. The second-order valence-electron chi connectivity index (χ2n) is 7.24. The predicted molar refractivity (Wildman–Crippen MR) is 95.6 cm³/mol. The summed E-state index contributed by atoms with van der Waals surface area (Å²) in [5.74, 6) is 0.681. The lowest BCUT2D eigenvalue weighted by Crippen LogP contribution is -2.46. The summed E-state index contributed by atoms with van der Waals surface area (Å²) >= 11 is 0. The largest absolute Gasteiger partial charge is 0.497 e. The van der Waals surface area contributed by atoms with Crippen LogP contribution in [0.1, 0.15) is 32.3 Å². The minimum absolute atomic E-state index is 0.181. The van der Waals surface area contributed by atoms with Gasteiger partial charge in [0.1, 0.15) is 17.8 Å². The Morgan fingerprint density at radius 1 is 1.23 bits per heavy atom. The van der Waals surface area contributed by atoms with Crippen LogP contribution in [-0.4, -0.2) is 54.4 Å². The van der Waals surface area contributed by atoms with Gasteiger partial charge in [-0.3, -0.25) is 14.5 Å². The van der Waals surface area contributed by atoms with E-state index in [9.17, 15) is 14.4 Å². The van der Waals surface area contributed by atoms with Gasteiger partial charge in [0.15, 0.2) is 0 Å². The Bertz CT molecular complexity index is 710. The molecule has 3 rings (SSSR count). The molecule has 2 heterocycles. The molecule has 1 atom stereocenters. The van der Waals surface area contributed by atoms with Crippen LogP contribution in [-0.2, 0) is 15.1 Å². The van der Waals surface area contributed by atoms with Crippen molar-refractivity contribution in [3.63, 3.8) is 0 Å². The lowest BCUT2D eigenvalue weighted by atomic mass is 9.92. The van der Waals surface area contributed by atoms with Crippen LogP contribution in [0, 0.1) is 5.92 Å². The monoisotopic (exact) mass is 359 g/mol. The minimum Gasteiger partial charge on any atom is -0.497 e. The number of urea groups is 1. The molecule has 0 aromatic heterocycles. The number of imide groups is 1. The number of hydrogen-bond acceptors (Lipinski definition) is 4. The van der Waals surface area contributed by atoms with Crippen molar-refractivity contribution in [3.8, 4) is 5.75 Å². The second kappa shape index (κ2) is 6.97. The van der Waals surface area contributed by atoms with E-state index in [4.69, 9.17) is 4.74 Å². The number of carbonyl (C=O) groups excluding carboxylic acids is 3. The molecule has 2 fully saturated rings. The Balaban J connectivity index is 1.72. The summed E-state index contributed by atoms with van der Waals surface area (Å²) < 4.78 is 5.13. The first kappa shape index (κ1) is 18.2. The van der Waals surface area contributed by atoms with Gasteiger partial charge in [-0.1, -0.05) is 19.1 Å². The maximum Gasteiger partial charge on any atom is 0.325 e. The van der Waals surface area contributed by atoms with Crippen LogP contribution in [0.2, 0.25) is 0 Å². The van der Waals surface area contributed by atoms with Crippen molar-refractivity contribution in [2.75, 3.05) is 26.7 Å². The van der Waals surface area contributed by atoms with Gasteiger partial charge in [-0.05, 0) is 43.4 Å². The Morgan fingerprint density at radius 3 is 2.42 bits per heavy atom. The van der Waals surface area contributed by atoms with Gasteiger partial charge >= 0.3 is 6.03 Å². The van der Waals surface area contributed by atoms with E-state index in [1.165, 1.54) is 0 Å². The molecule has 0 bridgehead atoms. The molecule has 2 saturated heterocycles. The highest BCUT2D eigenvalue weighted by Gasteiger charge is 2.49. The standard InChI is InChI=1S/C19H25N3O4/c1-13-8-10-21(11-9-13)16(23)12-22-17(24)19(2,20-18(22)25)14-4-6-15(26-3)7-5-14/h4-7,13H,8-12H2,1-3H3,(H,20,25)/t19-/m0/s1. The van der Waals surface area contributed by atoms with E-state index in [0.717, 1.165) is 17.7 Å². The summed E-state index contributed by atoms with van der Waals surface area (Å²) in [5, 5.41) is 2.73. The van der Waals surface area contributed by atoms with Gasteiger partial charge in [0.2, 0.25) is 5.91 Å². The van der Waals surface area contributed by atoms with E-state index in [1.54, 1.807) is 43.2 Å². The molecule has 0 radical (unpaired) electrons. The average molecular weight is 359 g/mol. The van der Waals surface area contributed by atoms with Gasteiger partial charge in [0.25, 0.3) is 5.91 Å². The van der Waals surface area contributed by atoms with E-state index in [2.05, 4.69) is 12.2 Å². The summed E-state index contributed by atoms with van der Waals surface area (Å²) in [7, 11) is 1.56. The van der Waals surface area contributed by atoms with Gasteiger partial charge in [0.05, 0.1) is 7.11 Å². The molecule has 4 amide bonds. The first-order valence-corrected chi connectivity index (χ1v) is 8.91. The second-order valence-corrected chi connectivity index (χ2v) is 7.24. The van der Waals surface area contributed by atoms with E-state index < -0.39 is 17.5 Å². The number of ether oxygens (including phenoxy) is 1. The van der Waals surface area contributed by atoms with Crippen molar-refractivity contribution in [3.05, 3.63) is 29.8 Å². The smallest absolute Gasteiger partial charge is 0.325 e. The Hall–Kier alpha value is -2.57. The zero-order valence-corrected chi connectivity index (χ0v) is 15.4. The molecule has 1 aromatic rings. The van der Waals surface area contributed by atoms with Crippen molar-refractivity contribution in [1.29, 1.82) is 0 Å². The number of piperidine rings is 1. The van der Waals surface area contributed by atoms with Crippen molar-refractivity contribution in [1.82, 2.24) is 15.1 Å². The van der Waals surface area contributed by atoms with Crippen LogP contribution in [0.4, 0.5) is 4.79 Å².